The van der Waals surface area contributed by atoms with E-state index in [0.29, 0.717) is 6.42 Å². The summed E-state index contributed by atoms with van der Waals surface area (Å²) in [6.45, 7) is 2.18. The molecule has 16 heavy (non-hydrogen) atoms. The number of rotatable bonds is 4. The summed E-state index contributed by atoms with van der Waals surface area (Å²) in [7, 11) is 0. The Morgan fingerprint density at radius 3 is 2.56 bits per heavy atom. The first-order valence-electron chi connectivity index (χ1n) is 5.83. The molecule has 1 aromatic carbocycles. The summed E-state index contributed by atoms with van der Waals surface area (Å²) < 4.78 is 0. The molecule has 0 atom stereocenters. The fourth-order valence-corrected chi connectivity index (χ4v) is 1.94. The monoisotopic (exact) mass is 215 g/mol. The Hall–Kier alpha value is -1.57. The Kier molecular flexibility index (Phi) is 3.76. The number of ketones is 1. The van der Waals surface area contributed by atoms with Gasteiger partial charge in [-0.25, -0.2) is 0 Å². The predicted molar refractivity (Wildman–Crippen MR) is 65.1 cm³/mol. The molecule has 1 aromatic rings. The lowest BCUT2D eigenvalue weighted by Gasteiger charge is -2.09. The highest BCUT2D eigenvalue weighted by molar-refractivity contribution is 5.91. The number of likely N-dealkylation sites (tertiary alicyclic amines) is 1. The van der Waals surface area contributed by atoms with Crippen molar-refractivity contribution in [3.63, 3.8) is 0 Å². The maximum Gasteiger partial charge on any atom is 0.161 e. The van der Waals surface area contributed by atoms with Gasteiger partial charge < -0.3 is 4.90 Å². The molecule has 84 valence electrons. The molecule has 0 saturated carbocycles. The lowest BCUT2D eigenvalue weighted by Crippen LogP contribution is -2.11. The van der Waals surface area contributed by atoms with Crippen LogP contribution >= 0.6 is 0 Å². The molecule has 0 bridgehead atoms. The van der Waals surface area contributed by atoms with Gasteiger partial charge in [0.15, 0.2) is 5.78 Å². The van der Waals surface area contributed by atoms with Gasteiger partial charge in [-0.3, -0.25) is 4.79 Å². The van der Waals surface area contributed by atoms with Crippen molar-refractivity contribution in [1.29, 1.82) is 0 Å². The Bertz CT molecular complexity index is 364. The molecule has 1 heterocycles. The summed E-state index contributed by atoms with van der Waals surface area (Å²) in [6.07, 6.45) is 6.65. The van der Waals surface area contributed by atoms with E-state index in [1.165, 1.54) is 12.8 Å². The SMILES string of the molecule is O=C(C=CN1CCCC1)Cc1ccccc1. The number of carbonyl (C=O) groups is 1. The molecule has 0 N–H and O–H groups in total. The van der Waals surface area contributed by atoms with Gasteiger partial charge in [0, 0.05) is 25.7 Å². The van der Waals surface area contributed by atoms with Gasteiger partial charge in [0.2, 0.25) is 0 Å². The maximum absolute atomic E-state index is 11.7. The van der Waals surface area contributed by atoms with Crippen LogP contribution in [0.2, 0.25) is 0 Å². The van der Waals surface area contributed by atoms with Crippen LogP contribution in [0.25, 0.3) is 0 Å². The number of benzene rings is 1. The van der Waals surface area contributed by atoms with Gasteiger partial charge in [-0.05, 0) is 24.5 Å². The third-order valence-electron chi connectivity index (χ3n) is 2.83. The fraction of sp³-hybridized carbons (Fsp3) is 0.357. The third kappa shape index (κ3) is 3.23. The third-order valence-corrected chi connectivity index (χ3v) is 2.83. The van der Waals surface area contributed by atoms with Crippen LogP contribution in [-0.4, -0.2) is 23.8 Å². The standard InChI is InChI=1S/C14H17NO/c16-14(8-11-15-9-4-5-10-15)12-13-6-2-1-3-7-13/h1-3,6-8,11H,4-5,9-10,12H2. The van der Waals surface area contributed by atoms with Crippen LogP contribution in [-0.2, 0) is 11.2 Å². The molecule has 1 aliphatic rings. The zero-order valence-electron chi connectivity index (χ0n) is 9.43. The lowest BCUT2D eigenvalue weighted by molar-refractivity contribution is -0.114. The fourth-order valence-electron chi connectivity index (χ4n) is 1.94. The minimum atomic E-state index is 0.179. The second kappa shape index (κ2) is 5.50. The van der Waals surface area contributed by atoms with E-state index >= 15 is 0 Å². The van der Waals surface area contributed by atoms with Crippen LogP contribution in [0, 0.1) is 0 Å². The second-order valence-electron chi connectivity index (χ2n) is 4.19. The largest absolute Gasteiger partial charge is 0.377 e. The van der Waals surface area contributed by atoms with Crippen LogP contribution in [0.4, 0.5) is 0 Å². The van der Waals surface area contributed by atoms with Crippen LogP contribution in [0.15, 0.2) is 42.6 Å². The molecule has 0 spiro atoms. The van der Waals surface area contributed by atoms with E-state index in [1.54, 1.807) is 6.08 Å². The number of allylic oxidation sites excluding steroid dienone is 1. The lowest BCUT2D eigenvalue weighted by atomic mass is 10.1. The van der Waals surface area contributed by atoms with Crippen molar-refractivity contribution in [3.8, 4) is 0 Å². The van der Waals surface area contributed by atoms with E-state index in [1.807, 2.05) is 36.5 Å². The topological polar surface area (TPSA) is 20.3 Å². The molecule has 2 rings (SSSR count). The highest BCUT2D eigenvalue weighted by atomic mass is 16.1. The van der Waals surface area contributed by atoms with E-state index in [0.717, 1.165) is 18.7 Å². The summed E-state index contributed by atoms with van der Waals surface area (Å²) in [5.41, 5.74) is 1.08. The Balaban J connectivity index is 1.84. The summed E-state index contributed by atoms with van der Waals surface area (Å²) in [5.74, 6) is 0.179. The van der Waals surface area contributed by atoms with Gasteiger partial charge in [0.1, 0.15) is 0 Å². The van der Waals surface area contributed by atoms with E-state index in [2.05, 4.69) is 4.90 Å². The molecule has 0 radical (unpaired) electrons. The molecule has 2 heteroatoms. The van der Waals surface area contributed by atoms with Gasteiger partial charge in [0.05, 0.1) is 0 Å². The highest BCUT2D eigenvalue weighted by Gasteiger charge is 2.07. The van der Waals surface area contributed by atoms with Crippen molar-refractivity contribution in [3.05, 3.63) is 48.2 Å². The number of nitrogens with zero attached hydrogens (tertiary/aromatic N) is 1. The second-order valence-corrected chi connectivity index (χ2v) is 4.19. The molecule has 1 fully saturated rings. The summed E-state index contributed by atoms with van der Waals surface area (Å²) in [5, 5.41) is 0. The zero-order valence-corrected chi connectivity index (χ0v) is 9.43. The molecule has 0 amide bonds. The minimum absolute atomic E-state index is 0.179. The van der Waals surface area contributed by atoms with Gasteiger partial charge in [0.25, 0.3) is 0 Å². The average Bonchev–Trinajstić information content (AvgIpc) is 2.81. The zero-order chi connectivity index (χ0) is 11.2. The van der Waals surface area contributed by atoms with E-state index in [-0.39, 0.29) is 5.78 Å². The number of hydrogen-bond donors (Lipinski definition) is 0. The molecule has 1 aliphatic heterocycles. The molecule has 0 unspecified atom stereocenters. The molecule has 0 aliphatic carbocycles. The Morgan fingerprint density at radius 1 is 1.19 bits per heavy atom. The van der Waals surface area contributed by atoms with Crippen molar-refractivity contribution in [1.82, 2.24) is 4.90 Å². The van der Waals surface area contributed by atoms with E-state index in [4.69, 9.17) is 0 Å². The van der Waals surface area contributed by atoms with Gasteiger partial charge in [-0.15, -0.1) is 0 Å². The highest BCUT2D eigenvalue weighted by Crippen LogP contribution is 2.07. The van der Waals surface area contributed by atoms with Crippen molar-refractivity contribution in [2.75, 3.05) is 13.1 Å². The Labute approximate surface area is 96.6 Å². The van der Waals surface area contributed by atoms with E-state index in [9.17, 15) is 4.79 Å². The average molecular weight is 215 g/mol. The normalized spacial score (nSPS) is 15.9. The number of hydrogen-bond acceptors (Lipinski definition) is 2. The minimum Gasteiger partial charge on any atom is -0.377 e. The number of carbonyl (C=O) groups excluding carboxylic acids is 1. The van der Waals surface area contributed by atoms with Crippen molar-refractivity contribution < 1.29 is 4.79 Å². The summed E-state index contributed by atoms with van der Waals surface area (Å²) >= 11 is 0. The summed E-state index contributed by atoms with van der Waals surface area (Å²) in [4.78, 5) is 13.9. The maximum atomic E-state index is 11.7. The summed E-state index contributed by atoms with van der Waals surface area (Å²) in [6, 6.07) is 9.87. The Morgan fingerprint density at radius 2 is 1.88 bits per heavy atom. The predicted octanol–water partition coefficient (Wildman–Crippen LogP) is 2.41. The van der Waals surface area contributed by atoms with Gasteiger partial charge >= 0.3 is 0 Å². The van der Waals surface area contributed by atoms with Crippen molar-refractivity contribution in [2.45, 2.75) is 19.3 Å². The molecule has 1 saturated heterocycles. The van der Waals surface area contributed by atoms with E-state index < -0.39 is 0 Å². The smallest absolute Gasteiger partial charge is 0.161 e. The molecular formula is C14H17NO. The molecule has 2 nitrogen and oxygen atoms in total. The van der Waals surface area contributed by atoms with Crippen molar-refractivity contribution in [2.24, 2.45) is 0 Å². The van der Waals surface area contributed by atoms with Crippen LogP contribution in [0.3, 0.4) is 0 Å². The first kappa shape index (κ1) is 10.9. The molecule has 0 aromatic heterocycles. The van der Waals surface area contributed by atoms with Crippen LogP contribution in [0.5, 0.6) is 0 Å². The van der Waals surface area contributed by atoms with Gasteiger partial charge in [-0.1, -0.05) is 30.3 Å². The first-order chi connectivity index (χ1) is 7.84. The quantitative estimate of drug-likeness (QED) is 0.719. The first-order valence-corrected chi connectivity index (χ1v) is 5.83. The van der Waals surface area contributed by atoms with Gasteiger partial charge in [-0.2, -0.15) is 0 Å². The van der Waals surface area contributed by atoms with Crippen molar-refractivity contribution >= 4 is 5.78 Å². The van der Waals surface area contributed by atoms with Crippen LogP contribution in [0.1, 0.15) is 18.4 Å². The molecular weight excluding hydrogens is 198 g/mol. The van der Waals surface area contributed by atoms with Crippen LogP contribution < -0.4 is 0 Å².